The maximum absolute atomic E-state index is 13.6. The molecule has 2 aliphatic rings. The number of benzene rings is 2. The van der Waals surface area contributed by atoms with E-state index in [0.717, 1.165) is 49.4 Å². The summed E-state index contributed by atoms with van der Waals surface area (Å²) >= 11 is 5.98. The Morgan fingerprint density at radius 3 is 2.81 bits per heavy atom. The van der Waals surface area contributed by atoms with Crippen LogP contribution in [0.4, 0.5) is 15.8 Å². The molecule has 0 radical (unpaired) electrons. The van der Waals surface area contributed by atoms with Crippen LogP contribution in [0.1, 0.15) is 18.4 Å². The van der Waals surface area contributed by atoms with E-state index in [2.05, 4.69) is 9.89 Å². The molecule has 6 nitrogen and oxygen atoms in total. The fourth-order valence-corrected chi connectivity index (χ4v) is 4.18. The van der Waals surface area contributed by atoms with Gasteiger partial charge in [-0.15, -0.1) is 0 Å². The maximum Gasteiger partial charge on any atom is 0.162 e. The molecule has 0 aromatic heterocycles. The van der Waals surface area contributed by atoms with Crippen LogP contribution in [0, 0.1) is 5.82 Å². The van der Waals surface area contributed by atoms with Crippen LogP contribution < -0.4 is 14.4 Å². The van der Waals surface area contributed by atoms with E-state index in [1.165, 1.54) is 6.07 Å². The first kappa shape index (κ1) is 21.9. The zero-order valence-electron chi connectivity index (χ0n) is 17.8. The van der Waals surface area contributed by atoms with Gasteiger partial charge in [0.15, 0.2) is 11.5 Å². The summed E-state index contributed by atoms with van der Waals surface area (Å²) in [5, 5.41) is 0.0790. The Labute approximate surface area is 187 Å². The summed E-state index contributed by atoms with van der Waals surface area (Å²) in [6.45, 7) is 4.04. The lowest BCUT2D eigenvalue weighted by atomic mass is 10.1. The lowest BCUT2D eigenvalue weighted by Gasteiger charge is -2.28. The van der Waals surface area contributed by atoms with E-state index in [1.807, 2.05) is 23.2 Å². The van der Waals surface area contributed by atoms with E-state index >= 15 is 0 Å². The second kappa shape index (κ2) is 9.85. The third-order valence-corrected chi connectivity index (χ3v) is 6.00. The highest BCUT2D eigenvalue weighted by molar-refractivity contribution is 6.31. The molecule has 0 spiro atoms. The molecule has 0 aliphatic carbocycles. The number of ether oxygens (including phenoxy) is 3. The van der Waals surface area contributed by atoms with Crippen LogP contribution in [0.15, 0.2) is 35.3 Å². The van der Waals surface area contributed by atoms with E-state index in [0.29, 0.717) is 30.9 Å². The standard InChI is InChI=1S/C23H27ClFN3O3/c1-29-18-6-8-27(14-18)7-3-9-31-23-10-16-13-26-15-28(21(16)12-22(23)30-2)17-4-5-20(25)19(24)11-17/h4-5,10-13,18H,3,6-9,14-15H2,1-2H3. The average Bonchev–Trinajstić information content (AvgIpc) is 3.25. The fraction of sp³-hybridized carbons (Fsp3) is 0.435. The van der Waals surface area contributed by atoms with Gasteiger partial charge in [-0.25, -0.2) is 4.39 Å². The number of hydrogen-bond acceptors (Lipinski definition) is 6. The van der Waals surface area contributed by atoms with Crippen molar-refractivity contribution in [1.82, 2.24) is 4.90 Å². The minimum atomic E-state index is -0.445. The molecule has 4 rings (SSSR count). The Balaban J connectivity index is 1.45. The van der Waals surface area contributed by atoms with E-state index in [-0.39, 0.29) is 5.02 Å². The SMILES string of the molecule is COc1cc2c(cc1OCCCN1CCC(OC)C1)C=NCN2c1ccc(F)c(Cl)c1. The van der Waals surface area contributed by atoms with Crippen molar-refractivity contribution >= 4 is 29.2 Å². The fourth-order valence-electron chi connectivity index (χ4n) is 4.01. The number of methoxy groups -OCH3 is 2. The highest BCUT2D eigenvalue weighted by Crippen LogP contribution is 2.39. The number of halogens is 2. The predicted molar refractivity (Wildman–Crippen MR) is 121 cm³/mol. The van der Waals surface area contributed by atoms with Gasteiger partial charge in [-0.05, 0) is 37.1 Å². The van der Waals surface area contributed by atoms with E-state index in [4.69, 9.17) is 25.8 Å². The van der Waals surface area contributed by atoms with Gasteiger partial charge in [0, 0.05) is 50.3 Å². The van der Waals surface area contributed by atoms with Gasteiger partial charge in [0.05, 0.1) is 30.5 Å². The molecule has 0 N–H and O–H groups in total. The normalized spacial score (nSPS) is 18.3. The van der Waals surface area contributed by atoms with Crippen molar-refractivity contribution in [2.45, 2.75) is 18.9 Å². The van der Waals surface area contributed by atoms with Crippen LogP contribution in [0.3, 0.4) is 0 Å². The van der Waals surface area contributed by atoms with Gasteiger partial charge in [0.2, 0.25) is 0 Å². The van der Waals surface area contributed by atoms with Gasteiger partial charge >= 0.3 is 0 Å². The van der Waals surface area contributed by atoms with Crippen molar-refractivity contribution < 1.29 is 18.6 Å². The van der Waals surface area contributed by atoms with E-state index in [9.17, 15) is 4.39 Å². The Morgan fingerprint density at radius 1 is 1.19 bits per heavy atom. The Bertz CT molecular complexity index is 956. The van der Waals surface area contributed by atoms with Crippen LogP contribution in [0.5, 0.6) is 11.5 Å². The molecule has 1 saturated heterocycles. The highest BCUT2D eigenvalue weighted by Gasteiger charge is 2.22. The van der Waals surface area contributed by atoms with Gasteiger partial charge in [0.1, 0.15) is 12.5 Å². The summed E-state index contributed by atoms with van der Waals surface area (Å²) in [5.74, 6) is 0.884. The van der Waals surface area contributed by atoms with Crippen LogP contribution in [0.25, 0.3) is 0 Å². The molecule has 8 heteroatoms. The van der Waals surface area contributed by atoms with Crippen molar-refractivity contribution in [2.24, 2.45) is 4.99 Å². The first-order valence-corrected chi connectivity index (χ1v) is 10.8. The van der Waals surface area contributed by atoms with Crippen molar-refractivity contribution in [3.05, 3.63) is 46.7 Å². The Kier molecular flexibility index (Phi) is 6.95. The first-order chi connectivity index (χ1) is 15.1. The summed E-state index contributed by atoms with van der Waals surface area (Å²) < 4.78 is 30.7. The number of rotatable bonds is 8. The lowest BCUT2D eigenvalue weighted by molar-refractivity contribution is 0.107. The lowest BCUT2D eigenvalue weighted by Crippen LogP contribution is -2.25. The van der Waals surface area contributed by atoms with E-state index < -0.39 is 5.82 Å². The molecule has 0 bridgehead atoms. The molecule has 0 amide bonds. The topological polar surface area (TPSA) is 46.5 Å². The molecule has 1 atom stereocenters. The highest BCUT2D eigenvalue weighted by atomic mass is 35.5. The zero-order valence-corrected chi connectivity index (χ0v) is 18.6. The van der Waals surface area contributed by atoms with Crippen LogP contribution in [-0.2, 0) is 4.74 Å². The summed E-state index contributed by atoms with van der Waals surface area (Å²) in [6.07, 6.45) is 4.17. The van der Waals surface area contributed by atoms with Crippen molar-refractivity contribution in [3.8, 4) is 11.5 Å². The summed E-state index contributed by atoms with van der Waals surface area (Å²) in [6, 6.07) is 8.52. The summed E-state index contributed by atoms with van der Waals surface area (Å²) in [5.41, 5.74) is 2.58. The third-order valence-electron chi connectivity index (χ3n) is 5.71. The molecule has 2 aromatic carbocycles. The molecule has 166 valence electrons. The van der Waals surface area contributed by atoms with Gasteiger partial charge in [-0.3, -0.25) is 4.99 Å². The van der Waals surface area contributed by atoms with Gasteiger partial charge in [-0.2, -0.15) is 0 Å². The molecule has 0 saturated carbocycles. The molecule has 1 unspecified atom stereocenters. The zero-order chi connectivity index (χ0) is 21.8. The molecular formula is C23H27ClFN3O3. The number of nitrogens with zero attached hydrogens (tertiary/aromatic N) is 3. The average molecular weight is 448 g/mol. The number of fused-ring (bicyclic) bond motifs is 1. The van der Waals surface area contributed by atoms with Crippen molar-refractivity contribution in [1.29, 1.82) is 0 Å². The Morgan fingerprint density at radius 2 is 2.06 bits per heavy atom. The van der Waals surface area contributed by atoms with Gasteiger partial charge in [-0.1, -0.05) is 11.6 Å². The number of anilines is 2. The van der Waals surface area contributed by atoms with Crippen LogP contribution >= 0.6 is 11.6 Å². The van der Waals surface area contributed by atoms with E-state index in [1.54, 1.807) is 26.4 Å². The minimum Gasteiger partial charge on any atom is -0.493 e. The second-order valence-electron chi connectivity index (χ2n) is 7.69. The van der Waals surface area contributed by atoms with Gasteiger partial charge in [0.25, 0.3) is 0 Å². The minimum absolute atomic E-state index is 0.0790. The van der Waals surface area contributed by atoms with Crippen molar-refractivity contribution in [2.75, 3.05) is 52.0 Å². The number of hydrogen-bond donors (Lipinski definition) is 0. The predicted octanol–water partition coefficient (Wildman–Crippen LogP) is 4.51. The molecule has 1 fully saturated rings. The van der Waals surface area contributed by atoms with Crippen molar-refractivity contribution in [3.63, 3.8) is 0 Å². The quantitative estimate of drug-likeness (QED) is 0.557. The molecular weight excluding hydrogens is 421 g/mol. The number of likely N-dealkylation sites (tertiary alicyclic amines) is 1. The monoisotopic (exact) mass is 447 g/mol. The first-order valence-electron chi connectivity index (χ1n) is 10.4. The summed E-state index contributed by atoms with van der Waals surface area (Å²) in [7, 11) is 3.40. The van der Waals surface area contributed by atoms with Crippen LogP contribution in [0.2, 0.25) is 5.02 Å². The molecule has 2 aromatic rings. The van der Waals surface area contributed by atoms with Gasteiger partial charge < -0.3 is 24.0 Å². The molecule has 31 heavy (non-hydrogen) atoms. The molecule has 2 aliphatic heterocycles. The smallest absolute Gasteiger partial charge is 0.162 e. The van der Waals surface area contributed by atoms with Crippen LogP contribution in [-0.4, -0.2) is 64.3 Å². The molecule has 2 heterocycles. The third kappa shape index (κ3) is 4.95. The second-order valence-corrected chi connectivity index (χ2v) is 8.10. The maximum atomic E-state index is 13.6. The Hall–Kier alpha value is -2.35. The number of aliphatic imine (C=N–C) groups is 1. The summed E-state index contributed by atoms with van der Waals surface area (Å²) in [4.78, 5) is 8.81. The largest absolute Gasteiger partial charge is 0.493 e.